The first-order valence-electron chi connectivity index (χ1n) is 5.28. The molecule has 0 aliphatic heterocycles. The Labute approximate surface area is 86.3 Å². The van der Waals surface area contributed by atoms with Crippen LogP contribution in [0.25, 0.3) is 0 Å². The Morgan fingerprint density at radius 1 is 1.29 bits per heavy atom. The van der Waals surface area contributed by atoms with Crippen LogP contribution in [-0.2, 0) is 4.79 Å². The highest BCUT2D eigenvalue weighted by Crippen LogP contribution is 2.04. The van der Waals surface area contributed by atoms with Crippen LogP contribution in [0.4, 0.5) is 0 Å². The highest BCUT2D eigenvalue weighted by Gasteiger charge is 1.98. The van der Waals surface area contributed by atoms with Crippen molar-refractivity contribution in [1.82, 2.24) is 0 Å². The summed E-state index contributed by atoms with van der Waals surface area (Å²) in [6.07, 6.45) is 11.1. The molecule has 0 aromatic heterocycles. The van der Waals surface area contributed by atoms with Gasteiger partial charge in [0.05, 0.1) is 5.57 Å². The van der Waals surface area contributed by atoms with Gasteiger partial charge < -0.3 is 5.11 Å². The standard InChI is InChI=1S/C12H20O2/c1-3-5-6-7-8-9-10-11(4-2)12(13)14/h4,9-10H,3,5-8H2,1-2H3,(H,13,14). The number of unbranched alkanes of at least 4 members (excludes halogenated alkanes) is 4. The molecular weight excluding hydrogens is 176 g/mol. The average Bonchev–Trinajstić information content (AvgIpc) is 2.16. The molecule has 0 amide bonds. The van der Waals surface area contributed by atoms with Gasteiger partial charge >= 0.3 is 5.97 Å². The molecule has 0 rings (SSSR count). The zero-order chi connectivity index (χ0) is 10.8. The number of aliphatic carboxylic acids is 1. The van der Waals surface area contributed by atoms with Gasteiger partial charge in [0, 0.05) is 0 Å². The van der Waals surface area contributed by atoms with Crippen molar-refractivity contribution in [1.29, 1.82) is 0 Å². The second kappa shape index (κ2) is 8.54. The van der Waals surface area contributed by atoms with Crippen molar-refractivity contribution in [3.63, 3.8) is 0 Å². The lowest BCUT2D eigenvalue weighted by atomic mass is 10.1. The zero-order valence-electron chi connectivity index (χ0n) is 9.12. The van der Waals surface area contributed by atoms with E-state index >= 15 is 0 Å². The Bertz CT molecular complexity index is 214. The van der Waals surface area contributed by atoms with Gasteiger partial charge in [-0.25, -0.2) is 4.79 Å². The average molecular weight is 196 g/mol. The molecule has 0 aliphatic rings. The van der Waals surface area contributed by atoms with E-state index in [1.807, 2.05) is 6.08 Å². The smallest absolute Gasteiger partial charge is 0.335 e. The summed E-state index contributed by atoms with van der Waals surface area (Å²) in [5, 5.41) is 8.69. The Morgan fingerprint density at radius 3 is 2.50 bits per heavy atom. The molecule has 2 heteroatoms. The Hall–Kier alpha value is -1.05. The molecule has 1 N–H and O–H groups in total. The second-order valence-corrected chi connectivity index (χ2v) is 3.30. The maximum Gasteiger partial charge on any atom is 0.335 e. The maximum atomic E-state index is 10.6. The molecule has 0 saturated carbocycles. The monoisotopic (exact) mass is 196 g/mol. The Morgan fingerprint density at radius 2 is 2.00 bits per heavy atom. The molecule has 0 unspecified atom stereocenters. The lowest BCUT2D eigenvalue weighted by molar-refractivity contribution is -0.132. The van der Waals surface area contributed by atoms with Gasteiger partial charge in [0.15, 0.2) is 0 Å². The molecule has 0 atom stereocenters. The predicted octanol–water partition coefficient (Wildman–Crippen LogP) is 3.54. The summed E-state index contributed by atoms with van der Waals surface area (Å²) in [6, 6.07) is 0. The first-order valence-corrected chi connectivity index (χ1v) is 5.28. The number of hydrogen-bond acceptors (Lipinski definition) is 1. The van der Waals surface area contributed by atoms with Gasteiger partial charge in [-0.3, -0.25) is 0 Å². The number of carboxylic acid groups (broad SMARTS) is 1. The van der Waals surface area contributed by atoms with Crippen molar-refractivity contribution >= 4 is 5.97 Å². The molecule has 0 spiro atoms. The van der Waals surface area contributed by atoms with E-state index in [0.29, 0.717) is 5.57 Å². The first-order chi connectivity index (χ1) is 6.72. The fraction of sp³-hybridized carbons (Fsp3) is 0.583. The molecule has 0 saturated heterocycles. The quantitative estimate of drug-likeness (QED) is 0.384. The number of rotatable bonds is 7. The number of allylic oxidation sites excluding steroid dienone is 2. The summed E-state index contributed by atoms with van der Waals surface area (Å²) < 4.78 is 0. The van der Waals surface area contributed by atoms with Crippen LogP contribution in [0.1, 0.15) is 46.0 Å². The van der Waals surface area contributed by atoms with E-state index in [-0.39, 0.29) is 0 Å². The molecule has 0 heterocycles. The highest BCUT2D eigenvalue weighted by molar-refractivity contribution is 5.89. The lowest BCUT2D eigenvalue weighted by Crippen LogP contribution is -1.96. The zero-order valence-corrected chi connectivity index (χ0v) is 9.12. The van der Waals surface area contributed by atoms with E-state index in [0.717, 1.165) is 12.8 Å². The van der Waals surface area contributed by atoms with Gasteiger partial charge in [-0.1, -0.05) is 44.4 Å². The van der Waals surface area contributed by atoms with Crippen molar-refractivity contribution in [3.8, 4) is 0 Å². The van der Waals surface area contributed by atoms with Gasteiger partial charge in [-0.2, -0.15) is 0 Å². The summed E-state index contributed by atoms with van der Waals surface area (Å²) >= 11 is 0. The maximum absolute atomic E-state index is 10.6. The molecule has 0 radical (unpaired) electrons. The third-order valence-electron chi connectivity index (χ3n) is 2.08. The summed E-state index contributed by atoms with van der Waals surface area (Å²) in [5.74, 6) is -0.850. The molecule has 0 aliphatic carbocycles. The van der Waals surface area contributed by atoms with E-state index in [4.69, 9.17) is 5.11 Å². The SMILES string of the molecule is CC=C(C=CCCCCCC)C(=O)O. The van der Waals surface area contributed by atoms with Crippen molar-refractivity contribution in [3.05, 3.63) is 23.8 Å². The largest absolute Gasteiger partial charge is 0.478 e. The summed E-state index contributed by atoms with van der Waals surface area (Å²) in [6.45, 7) is 3.92. The van der Waals surface area contributed by atoms with Gasteiger partial charge in [0.1, 0.15) is 0 Å². The van der Waals surface area contributed by atoms with Crippen LogP contribution >= 0.6 is 0 Å². The predicted molar refractivity (Wildman–Crippen MR) is 59.3 cm³/mol. The second-order valence-electron chi connectivity index (χ2n) is 3.30. The van der Waals surface area contributed by atoms with Crippen molar-refractivity contribution in [2.24, 2.45) is 0 Å². The minimum Gasteiger partial charge on any atom is -0.478 e. The van der Waals surface area contributed by atoms with Crippen molar-refractivity contribution < 1.29 is 9.90 Å². The van der Waals surface area contributed by atoms with Gasteiger partial charge in [0.2, 0.25) is 0 Å². The first kappa shape index (κ1) is 12.9. The fourth-order valence-corrected chi connectivity index (χ4v) is 1.19. The van der Waals surface area contributed by atoms with Crippen LogP contribution in [0.15, 0.2) is 23.8 Å². The molecule has 0 aromatic rings. The molecule has 2 nitrogen and oxygen atoms in total. The van der Waals surface area contributed by atoms with Crippen LogP contribution in [0.5, 0.6) is 0 Å². The van der Waals surface area contributed by atoms with E-state index < -0.39 is 5.97 Å². The van der Waals surface area contributed by atoms with Gasteiger partial charge in [-0.05, 0) is 19.8 Å². The van der Waals surface area contributed by atoms with Crippen LogP contribution < -0.4 is 0 Å². The number of carboxylic acids is 1. The summed E-state index contributed by atoms with van der Waals surface area (Å²) in [7, 11) is 0. The minimum atomic E-state index is -0.850. The van der Waals surface area contributed by atoms with Crippen LogP contribution in [0.3, 0.4) is 0 Å². The van der Waals surface area contributed by atoms with E-state index in [1.54, 1.807) is 19.1 Å². The third-order valence-corrected chi connectivity index (χ3v) is 2.08. The molecule has 80 valence electrons. The molecule has 0 fully saturated rings. The lowest BCUT2D eigenvalue weighted by Gasteiger charge is -1.95. The van der Waals surface area contributed by atoms with Gasteiger partial charge in [0.25, 0.3) is 0 Å². The van der Waals surface area contributed by atoms with Crippen molar-refractivity contribution in [2.75, 3.05) is 0 Å². The molecule has 14 heavy (non-hydrogen) atoms. The van der Waals surface area contributed by atoms with Gasteiger partial charge in [-0.15, -0.1) is 0 Å². The Kier molecular flexibility index (Phi) is 7.90. The number of hydrogen-bond donors (Lipinski definition) is 1. The van der Waals surface area contributed by atoms with Crippen LogP contribution in [-0.4, -0.2) is 11.1 Å². The molecule has 0 bridgehead atoms. The Balaban J connectivity index is 3.66. The van der Waals surface area contributed by atoms with Crippen LogP contribution in [0.2, 0.25) is 0 Å². The normalized spacial score (nSPS) is 12.3. The van der Waals surface area contributed by atoms with Crippen molar-refractivity contribution in [2.45, 2.75) is 46.0 Å². The molecular formula is C12H20O2. The fourth-order valence-electron chi connectivity index (χ4n) is 1.19. The van der Waals surface area contributed by atoms with E-state index in [2.05, 4.69) is 6.92 Å². The summed E-state index contributed by atoms with van der Waals surface area (Å²) in [4.78, 5) is 10.6. The van der Waals surface area contributed by atoms with E-state index in [1.165, 1.54) is 19.3 Å². The van der Waals surface area contributed by atoms with Crippen LogP contribution in [0, 0.1) is 0 Å². The highest BCUT2D eigenvalue weighted by atomic mass is 16.4. The van der Waals surface area contributed by atoms with E-state index in [9.17, 15) is 4.79 Å². The molecule has 0 aromatic carbocycles. The number of carbonyl (C=O) groups is 1. The third kappa shape index (κ3) is 6.46. The summed E-state index contributed by atoms with van der Waals surface area (Å²) in [5.41, 5.74) is 0.375. The minimum absolute atomic E-state index is 0.375. The topological polar surface area (TPSA) is 37.3 Å².